The van der Waals surface area contributed by atoms with Gasteiger partial charge in [-0.1, -0.05) is 39.0 Å². The minimum Gasteiger partial charge on any atom is -0.303 e. The zero-order valence-electron chi connectivity index (χ0n) is 7.83. The highest BCUT2D eigenvalue weighted by Crippen LogP contribution is 2.53. The maximum atomic E-state index is 10.6. The predicted octanol–water partition coefficient (Wildman–Crippen LogP) is 2.65. The van der Waals surface area contributed by atoms with Gasteiger partial charge in [0.2, 0.25) is 0 Å². The fraction of sp³-hybridized carbons (Fsp3) is 0.909. The van der Waals surface area contributed by atoms with Crippen LogP contribution in [0.15, 0.2) is 0 Å². The molecule has 0 bridgehead atoms. The van der Waals surface area contributed by atoms with Crippen molar-refractivity contribution in [3.63, 3.8) is 0 Å². The van der Waals surface area contributed by atoms with Gasteiger partial charge in [0, 0.05) is 5.92 Å². The van der Waals surface area contributed by atoms with Crippen LogP contribution in [0.4, 0.5) is 0 Å². The largest absolute Gasteiger partial charge is 0.303 e. The molecular formula is C11H18O. The molecule has 1 heteroatoms. The van der Waals surface area contributed by atoms with E-state index in [1.165, 1.54) is 38.4 Å². The number of hydrogen-bond acceptors (Lipinski definition) is 1. The van der Waals surface area contributed by atoms with E-state index < -0.39 is 0 Å². The lowest BCUT2D eigenvalue weighted by Gasteiger charge is -2.21. The van der Waals surface area contributed by atoms with Crippen molar-refractivity contribution < 1.29 is 4.79 Å². The van der Waals surface area contributed by atoms with Crippen LogP contribution < -0.4 is 0 Å². The normalized spacial score (nSPS) is 42.6. The molecule has 0 amide bonds. The summed E-state index contributed by atoms with van der Waals surface area (Å²) in [6, 6.07) is 0. The molecule has 0 saturated heterocycles. The SMILES string of the molecule is C[C@@H]1[C@@H](C=O)[C@@H]1C1CCCCC1. The van der Waals surface area contributed by atoms with E-state index in [1.807, 2.05) is 0 Å². The molecule has 1 nitrogen and oxygen atoms in total. The summed E-state index contributed by atoms with van der Waals surface area (Å²) in [7, 11) is 0. The zero-order valence-corrected chi connectivity index (χ0v) is 7.83. The van der Waals surface area contributed by atoms with E-state index in [4.69, 9.17) is 0 Å². The lowest BCUT2D eigenvalue weighted by Crippen LogP contribution is -2.10. The molecule has 0 spiro atoms. The number of hydrogen-bond donors (Lipinski definition) is 0. The molecule has 0 unspecified atom stereocenters. The van der Waals surface area contributed by atoms with Crippen LogP contribution >= 0.6 is 0 Å². The average Bonchev–Trinajstić information content (AvgIpc) is 2.78. The van der Waals surface area contributed by atoms with Crippen molar-refractivity contribution >= 4 is 6.29 Å². The van der Waals surface area contributed by atoms with E-state index >= 15 is 0 Å². The van der Waals surface area contributed by atoms with E-state index in [0.717, 1.165) is 11.8 Å². The lowest BCUT2D eigenvalue weighted by atomic mass is 9.84. The van der Waals surface area contributed by atoms with Crippen LogP contribution in [-0.2, 0) is 4.79 Å². The molecule has 0 N–H and O–H groups in total. The first-order valence-corrected chi connectivity index (χ1v) is 5.30. The summed E-state index contributed by atoms with van der Waals surface area (Å²) in [6.45, 7) is 2.23. The Morgan fingerprint density at radius 1 is 1.17 bits per heavy atom. The second-order valence-corrected chi connectivity index (χ2v) is 4.55. The molecule has 68 valence electrons. The number of aldehydes is 1. The smallest absolute Gasteiger partial charge is 0.123 e. The highest BCUT2D eigenvalue weighted by atomic mass is 16.1. The highest BCUT2D eigenvalue weighted by molar-refractivity contribution is 5.59. The molecular weight excluding hydrogens is 148 g/mol. The lowest BCUT2D eigenvalue weighted by molar-refractivity contribution is -0.109. The van der Waals surface area contributed by atoms with Crippen molar-refractivity contribution in [1.82, 2.24) is 0 Å². The van der Waals surface area contributed by atoms with E-state index in [-0.39, 0.29) is 0 Å². The average molecular weight is 166 g/mol. The Balaban J connectivity index is 1.88. The summed E-state index contributed by atoms with van der Waals surface area (Å²) >= 11 is 0. The minimum absolute atomic E-state index is 0.424. The first-order chi connectivity index (χ1) is 5.84. The van der Waals surface area contributed by atoms with E-state index in [9.17, 15) is 4.79 Å². The molecule has 0 aliphatic heterocycles. The molecule has 0 aromatic carbocycles. The first kappa shape index (κ1) is 8.28. The molecule has 0 aromatic rings. The van der Waals surface area contributed by atoms with Gasteiger partial charge in [-0.15, -0.1) is 0 Å². The van der Waals surface area contributed by atoms with Gasteiger partial charge >= 0.3 is 0 Å². The van der Waals surface area contributed by atoms with Crippen LogP contribution in [0.2, 0.25) is 0 Å². The maximum absolute atomic E-state index is 10.6. The molecule has 0 heterocycles. The number of carbonyl (C=O) groups is 1. The molecule has 0 radical (unpaired) electrons. The van der Waals surface area contributed by atoms with Gasteiger partial charge in [0.05, 0.1) is 0 Å². The Hall–Kier alpha value is -0.330. The Morgan fingerprint density at radius 3 is 2.33 bits per heavy atom. The topological polar surface area (TPSA) is 17.1 Å². The molecule has 0 aromatic heterocycles. The van der Waals surface area contributed by atoms with Gasteiger partial charge in [0.1, 0.15) is 6.29 Å². The van der Waals surface area contributed by atoms with Crippen molar-refractivity contribution in [2.75, 3.05) is 0 Å². The number of carbonyl (C=O) groups excluding carboxylic acids is 1. The van der Waals surface area contributed by atoms with Gasteiger partial charge in [-0.05, 0) is 17.8 Å². The monoisotopic (exact) mass is 166 g/mol. The fourth-order valence-corrected chi connectivity index (χ4v) is 3.00. The third kappa shape index (κ3) is 1.30. The molecule has 2 rings (SSSR count). The summed E-state index contributed by atoms with van der Waals surface area (Å²) in [4.78, 5) is 10.6. The fourth-order valence-electron chi connectivity index (χ4n) is 3.00. The van der Waals surface area contributed by atoms with Crippen molar-refractivity contribution in [2.24, 2.45) is 23.7 Å². The molecule has 2 aliphatic carbocycles. The molecule has 12 heavy (non-hydrogen) atoms. The minimum atomic E-state index is 0.424. The van der Waals surface area contributed by atoms with Crippen molar-refractivity contribution in [3.8, 4) is 0 Å². The van der Waals surface area contributed by atoms with E-state index in [0.29, 0.717) is 11.8 Å². The van der Waals surface area contributed by atoms with Gasteiger partial charge in [-0.2, -0.15) is 0 Å². The first-order valence-electron chi connectivity index (χ1n) is 5.30. The molecule has 2 saturated carbocycles. The van der Waals surface area contributed by atoms with E-state index in [1.54, 1.807) is 0 Å². The summed E-state index contributed by atoms with van der Waals surface area (Å²) in [5.74, 6) is 2.78. The third-order valence-electron chi connectivity index (χ3n) is 3.87. The Bertz CT molecular complexity index is 170. The summed E-state index contributed by atoms with van der Waals surface area (Å²) in [5, 5.41) is 0. The van der Waals surface area contributed by atoms with Crippen LogP contribution in [0, 0.1) is 23.7 Å². The van der Waals surface area contributed by atoms with Crippen molar-refractivity contribution in [2.45, 2.75) is 39.0 Å². The van der Waals surface area contributed by atoms with Crippen molar-refractivity contribution in [1.29, 1.82) is 0 Å². The highest BCUT2D eigenvalue weighted by Gasteiger charge is 2.50. The van der Waals surface area contributed by atoms with Crippen molar-refractivity contribution in [3.05, 3.63) is 0 Å². The maximum Gasteiger partial charge on any atom is 0.123 e. The predicted molar refractivity (Wildman–Crippen MR) is 48.8 cm³/mol. The summed E-state index contributed by atoms with van der Waals surface area (Å²) < 4.78 is 0. The van der Waals surface area contributed by atoms with Crippen LogP contribution in [0.5, 0.6) is 0 Å². The second-order valence-electron chi connectivity index (χ2n) is 4.55. The Morgan fingerprint density at radius 2 is 1.83 bits per heavy atom. The van der Waals surface area contributed by atoms with E-state index in [2.05, 4.69) is 6.92 Å². The Kier molecular flexibility index (Phi) is 2.20. The second kappa shape index (κ2) is 3.20. The molecule has 3 atom stereocenters. The van der Waals surface area contributed by atoms with Crippen LogP contribution in [0.25, 0.3) is 0 Å². The van der Waals surface area contributed by atoms with Crippen LogP contribution in [-0.4, -0.2) is 6.29 Å². The quantitative estimate of drug-likeness (QED) is 0.576. The Labute approximate surface area is 74.5 Å². The van der Waals surface area contributed by atoms with Gasteiger partial charge in [-0.25, -0.2) is 0 Å². The summed E-state index contributed by atoms with van der Waals surface area (Å²) in [5.41, 5.74) is 0. The van der Waals surface area contributed by atoms with Gasteiger partial charge in [0.25, 0.3) is 0 Å². The molecule has 2 aliphatic rings. The molecule has 2 fully saturated rings. The zero-order chi connectivity index (χ0) is 8.55. The van der Waals surface area contributed by atoms with Gasteiger partial charge in [-0.3, -0.25) is 0 Å². The standard InChI is InChI=1S/C11H18O/c1-8-10(7-12)11(8)9-5-3-2-4-6-9/h7-11H,2-6H2,1H3/t8-,10-,11+/m1/s1. The van der Waals surface area contributed by atoms with Crippen LogP contribution in [0.3, 0.4) is 0 Å². The van der Waals surface area contributed by atoms with Gasteiger partial charge in [0.15, 0.2) is 0 Å². The third-order valence-corrected chi connectivity index (χ3v) is 3.87. The summed E-state index contributed by atoms with van der Waals surface area (Å²) in [6.07, 6.45) is 8.19. The van der Waals surface area contributed by atoms with Gasteiger partial charge < -0.3 is 4.79 Å². The number of rotatable bonds is 2. The van der Waals surface area contributed by atoms with Crippen LogP contribution in [0.1, 0.15) is 39.0 Å².